The fourth-order valence-corrected chi connectivity index (χ4v) is 1.12. The highest BCUT2D eigenvalue weighted by molar-refractivity contribution is 5.92. The van der Waals surface area contributed by atoms with Crippen molar-refractivity contribution in [1.82, 2.24) is 5.32 Å². The van der Waals surface area contributed by atoms with Gasteiger partial charge in [-0.1, -0.05) is 13.0 Å². The molecule has 0 aromatic carbocycles. The fraction of sp³-hybridized carbons (Fsp3) is 0.700. The highest BCUT2D eigenvalue weighted by Crippen LogP contribution is 2.25. The molecule has 0 aliphatic carbocycles. The summed E-state index contributed by atoms with van der Waals surface area (Å²) < 4.78 is 5.09. The molecule has 0 atom stereocenters. The summed E-state index contributed by atoms with van der Waals surface area (Å²) >= 11 is 0. The molecular formula is C10H17NO2. The first-order chi connectivity index (χ1) is 6.07. The zero-order valence-electron chi connectivity index (χ0n) is 8.52. The zero-order chi connectivity index (χ0) is 9.90. The lowest BCUT2D eigenvalue weighted by Crippen LogP contribution is -2.48. The molecule has 3 heteroatoms. The predicted molar refractivity (Wildman–Crippen MR) is 51.4 cm³/mol. The number of hydrogen-bond acceptors (Lipinski definition) is 2. The molecule has 1 saturated heterocycles. The van der Waals surface area contributed by atoms with E-state index >= 15 is 0 Å². The lowest BCUT2D eigenvalue weighted by Gasteiger charge is -2.38. The van der Waals surface area contributed by atoms with Crippen LogP contribution in [0.25, 0.3) is 0 Å². The summed E-state index contributed by atoms with van der Waals surface area (Å²) in [4.78, 5) is 11.3. The minimum Gasteiger partial charge on any atom is -0.380 e. The summed E-state index contributed by atoms with van der Waals surface area (Å²) in [7, 11) is 0. The van der Waals surface area contributed by atoms with E-state index in [9.17, 15) is 4.79 Å². The first kappa shape index (κ1) is 10.3. The summed E-state index contributed by atoms with van der Waals surface area (Å²) in [5, 5.41) is 2.89. The third kappa shape index (κ3) is 2.56. The maximum atomic E-state index is 11.3. The molecule has 0 spiro atoms. The third-order valence-electron chi connectivity index (χ3n) is 2.37. The lowest BCUT2D eigenvalue weighted by atomic mass is 9.89. The summed E-state index contributed by atoms with van der Waals surface area (Å²) in [6, 6.07) is 0. The first-order valence-corrected chi connectivity index (χ1v) is 4.56. The monoisotopic (exact) mass is 183 g/mol. The number of rotatable bonds is 3. The molecular weight excluding hydrogens is 166 g/mol. The number of amides is 1. The van der Waals surface area contributed by atoms with Crippen molar-refractivity contribution >= 4 is 5.91 Å². The fourth-order valence-electron chi connectivity index (χ4n) is 1.12. The van der Waals surface area contributed by atoms with Gasteiger partial charge in [-0.15, -0.1) is 0 Å². The quantitative estimate of drug-likeness (QED) is 0.665. The molecule has 0 aromatic rings. The van der Waals surface area contributed by atoms with Crippen molar-refractivity contribution in [3.05, 3.63) is 11.6 Å². The molecule has 3 nitrogen and oxygen atoms in total. The molecule has 0 bridgehead atoms. The first-order valence-electron chi connectivity index (χ1n) is 4.56. The Hall–Kier alpha value is -0.830. The molecule has 0 unspecified atom stereocenters. The highest BCUT2D eigenvalue weighted by atomic mass is 16.5. The van der Waals surface area contributed by atoms with E-state index in [1.807, 2.05) is 19.9 Å². The van der Waals surface area contributed by atoms with Crippen LogP contribution in [0.3, 0.4) is 0 Å². The van der Waals surface area contributed by atoms with Crippen molar-refractivity contribution in [3.63, 3.8) is 0 Å². The number of carbonyl (C=O) groups is 1. The van der Waals surface area contributed by atoms with Crippen LogP contribution in [0.15, 0.2) is 11.6 Å². The van der Waals surface area contributed by atoms with Gasteiger partial charge in [-0.3, -0.25) is 4.79 Å². The maximum absolute atomic E-state index is 11.3. The van der Waals surface area contributed by atoms with E-state index in [1.165, 1.54) is 0 Å². The van der Waals surface area contributed by atoms with E-state index in [4.69, 9.17) is 4.74 Å². The normalized spacial score (nSPS) is 20.7. The van der Waals surface area contributed by atoms with E-state index in [0.29, 0.717) is 6.54 Å². The van der Waals surface area contributed by atoms with Gasteiger partial charge in [0.1, 0.15) is 0 Å². The Kier molecular flexibility index (Phi) is 3.09. The molecule has 0 saturated carbocycles. The Morgan fingerprint density at radius 1 is 1.62 bits per heavy atom. The molecule has 1 fully saturated rings. The van der Waals surface area contributed by atoms with Gasteiger partial charge in [0.2, 0.25) is 5.91 Å². The summed E-state index contributed by atoms with van der Waals surface area (Å²) in [6.45, 7) is 8.00. The molecule has 74 valence electrons. The van der Waals surface area contributed by atoms with E-state index in [1.54, 1.807) is 0 Å². The molecule has 0 radical (unpaired) electrons. The van der Waals surface area contributed by atoms with Crippen molar-refractivity contribution in [1.29, 1.82) is 0 Å². The maximum Gasteiger partial charge on any atom is 0.246 e. The van der Waals surface area contributed by atoms with Crippen molar-refractivity contribution < 1.29 is 9.53 Å². The zero-order valence-corrected chi connectivity index (χ0v) is 8.52. The van der Waals surface area contributed by atoms with Crippen molar-refractivity contribution in [2.45, 2.75) is 20.8 Å². The molecule has 13 heavy (non-hydrogen) atoms. The van der Waals surface area contributed by atoms with Gasteiger partial charge in [0.15, 0.2) is 0 Å². The molecule has 1 rings (SSSR count). The SMILES string of the molecule is C/C=C(/C)C(=O)NCC1(C)COC1. The minimum absolute atomic E-state index is 0.0237. The van der Waals surface area contributed by atoms with Crippen LogP contribution in [0.4, 0.5) is 0 Å². The second kappa shape index (κ2) is 3.92. The molecule has 0 aromatic heterocycles. The Labute approximate surface area is 79.2 Å². The van der Waals surface area contributed by atoms with Gasteiger partial charge in [-0.2, -0.15) is 0 Å². The van der Waals surface area contributed by atoms with Gasteiger partial charge < -0.3 is 10.1 Å². The molecule has 1 N–H and O–H groups in total. The number of ether oxygens (including phenoxy) is 1. The van der Waals surface area contributed by atoms with Crippen LogP contribution in [0.5, 0.6) is 0 Å². The Balaban J connectivity index is 2.30. The van der Waals surface area contributed by atoms with Crippen LogP contribution in [0.2, 0.25) is 0 Å². The number of carbonyl (C=O) groups excluding carboxylic acids is 1. The van der Waals surface area contributed by atoms with Crippen molar-refractivity contribution in [3.8, 4) is 0 Å². The van der Waals surface area contributed by atoms with Gasteiger partial charge in [0.05, 0.1) is 13.2 Å². The smallest absolute Gasteiger partial charge is 0.246 e. The Morgan fingerprint density at radius 3 is 2.62 bits per heavy atom. The standard InChI is InChI=1S/C10H17NO2/c1-4-8(2)9(12)11-5-10(3)6-13-7-10/h4H,5-7H2,1-3H3,(H,11,12)/b8-4-. The predicted octanol–water partition coefficient (Wildman–Crippen LogP) is 1.11. The minimum atomic E-state index is 0.0237. The number of allylic oxidation sites excluding steroid dienone is 1. The van der Waals surface area contributed by atoms with Crippen LogP contribution < -0.4 is 5.32 Å². The van der Waals surface area contributed by atoms with Gasteiger partial charge >= 0.3 is 0 Å². The number of nitrogens with one attached hydrogen (secondary N) is 1. The van der Waals surface area contributed by atoms with E-state index in [2.05, 4.69) is 12.2 Å². The topological polar surface area (TPSA) is 38.3 Å². The molecule has 1 heterocycles. The van der Waals surface area contributed by atoms with E-state index < -0.39 is 0 Å². The second-order valence-corrected chi connectivity index (χ2v) is 3.96. The van der Waals surface area contributed by atoms with Gasteiger partial charge in [0.25, 0.3) is 0 Å². The van der Waals surface area contributed by atoms with E-state index in [0.717, 1.165) is 18.8 Å². The number of hydrogen-bond donors (Lipinski definition) is 1. The van der Waals surface area contributed by atoms with Crippen LogP contribution >= 0.6 is 0 Å². The summed E-state index contributed by atoms with van der Waals surface area (Å²) in [6.07, 6.45) is 1.81. The van der Waals surface area contributed by atoms with E-state index in [-0.39, 0.29) is 11.3 Å². The van der Waals surface area contributed by atoms with Gasteiger partial charge in [-0.05, 0) is 13.8 Å². The van der Waals surface area contributed by atoms with Crippen LogP contribution in [0.1, 0.15) is 20.8 Å². The molecule has 1 aliphatic rings. The Morgan fingerprint density at radius 2 is 2.23 bits per heavy atom. The molecule has 1 amide bonds. The van der Waals surface area contributed by atoms with Gasteiger partial charge in [-0.25, -0.2) is 0 Å². The lowest BCUT2D eigenvalue weighted by molar-refractivity contribution is -0.123. The van der Waals surface area contributed by atoms with Crippen LogP contribution in [0, 0.1) is 5.41 Å². The summed E-state index contributed by atoms with van der Waals surface area (Å²) in [5.74, 6) is 0.0237. The Bertz CT molecular complexity index is 229. The third-order valence-corrected chi connectivity index (χ3v) is 2.37. The highest BCUT2D eigenvalue weighted by Gasteiger charge is 2.33. The average molecular weight is 183 g/mol. The largest absolute Gasteiger partial charge is 0.380 e. The van der Waals surface area contributed by atoms with Gasteiger partial charge in [0, 0.05) is 17.5 Å². The van der Waals surface area contributed by atoms with Crippen molar-refractivity contribution in [2.75, 3.05) is 19.8 Å². The summed E-state index contributed by atoms with van der Waals surface area (Å²) in [5.41, 5.74) is 0.924. The second-order valence-electron chi connectivity index (χ2n) is 3.96. The van der Waals surface area contributed by atoms with Crippen LogP contribution in [-0.4, -0.2) is 25.7 Å². The van der Waals surface area contributed by atoms with Crippen molar-refractivity contribution in [2.24, 2.45) is 5.41 Å². The van der Waals surface area contributed by atoms with Crippen LogP contribution in [-0.2, 0) is 9.53 Å². The molecule has 1 aliphatic heterocycles. The average Bonchev–Trinajstić information content (AvgIpc) is 2.09.